The number of aliphatic hydroxyl groups is 1. The van der Waals surface area contributed by atoms with E-state index in [1.165, 1.54) is 0 Å². The molecule has 2 saturated heterocycles. The highest BCUT2D eigenvalue weighted by Gasteiger charge is 2.59. The molecule has 2 bridgehead atoms. The summed E-state index contributed by atoms with van der Waals surface area (Å²) in [5.41, 5.74) is 1.86. The van der Waals surface area contributed by atoms with Gasteiger partial charge in [-0.3, -0.25) is 4.98 Å². The minimum absolute atomic E-state index is 0. The van der Waals surface area contributed by atoms with Gasteiger partial charge in [-0.15, -0.1) is 12.4 Å². The van der Waals surface area contributed by atoms with Gasteiger partial charge in [0.15, 0.2) is 0 Å². The number of halogens is 1. The molecule has 2 aromatic rings. The van der Waals surface area contributed by atoms with Gasteiger partial charge in [-0.25, -0.2) is 0 Å². The van der Waals surface area contributed by atoms with Crippen LogP contribution in [0.25, 0.3) is 0 Å². The van der Waals surface area contributed by atoms with Crippen LogP contribution in [0.5, 0.6) is 5.75 Å². The number of fused-ring (bicyclic) bond motifs is 2. The average molecular weight is 359 g/mol. The van der Waals surface area contributed by atoms with E-state index in [0.29, 0.717) is 0 Å². The van der Waals surface area contributed by atoms with Crippen LogP contribution in [0.3, 0.4) is 0 Å². The number of hydrogen-bond donors (Lipinski definition) is 1. The van der Waals surface area contributed by atoms with Gasteiger partial charge >= 0.3 is 0 Å². The van der Waals surface area contributed by atoms with Gasteiger partial charge in [-0.1, -0.05) is 30.3 Å². The predicted octanol–water partition coefficient (Wildman–Crippen LogP) is 3.18. The number of hydrogen-bond acceptors (Lipinski definition) is 4. The zero-order valence-corrected chi connectivity index (χ0v) is 14.9. The first kappa shape index (κ1) is 16.8. The molecule has 5 heteroatoms. The van der Waals surface area contributed by atoms with Crippen LogP contribution < -0.4 is 4.74 Å². The van der Waals surface area contributed by atoms with Crippen molar-refractivity contribution in [1.29, 1.82) is 0 Å². The SMILES string of the molecule is Cl.OC(c1ccccc1)C1c2ncccc2OC2CCN3CCC21C3. The Kier molecular flexibility index (Phi) is 4.22. The second-order valence-corrected chi connectivity index (χ2v) is 7.37. The highest BCUT2D eigenvalue weighted by molar-refractivity contribution is 5.85. The maximum absolute atomic E-state index is 11.3. The van der Waals surface area contributed by atoms with Gasteiger partial charge < -0.3 is 14.7 Å². The molecule has 5 atom stereocenters. The molecular formula is C20H23ClN2O2. The smallest absolute Gasteiger partial charge is 0.141 e. The van der Waals surface area contributed by atoms with Crippen molar-refractivity contribution in [2.45, 2.75) is 31.0 Å². The molecule has 0 aliphatic carbocycles. The van der Waals surface area contributed by atoms with Crippen LogP contribution in [-0.2, 0) is 0 Å². The van der Waals surface area contributed by atoms with Crippen molar-refractivity contribution in [2.75, 3.05) is 19.6 Å². The van der Waals surface area contributed by atoms with Crippen molar-refractivity contribution in [3.05, 3.63) is 59.9 Å². The number of piperidine rings is 1. The van der Waals surface area contributed by atoms with Crippen LogP contribution in [0.4, 0.5) is 0 Å². The predicted molar refractivity (Wildman–Crippen MR) is 98.2 cm³/mol. The van der Waals surface area contributed by atoms with Gasteiger partial charge in [0.05, 0.1) is 11.8 Å². The average Bonchev–Trinajstić information content (AvgIpc) is 2.97. The topological polar surface area (TPSA) is 45.6 Å². The molecule has 5 rings (SSSR count). The van der Waals surface area contributed by atoms with Crippen LogP contribution in [-0.4, -0.2) is 40.7 Å². The summed E-state index contributed by atoms with van der Waals surface area (Å²) in [5, 5.41) is 11.3. The normalized spacial score (nSPS) is 33.4. The molecule has 132 valence electrons. The summed E-state index contributed by atoms with van der Waals surface area (Å²) < 4.78 is 6.37. The zero-order valence-electron chi connectivity index (χ0n) is 14.0. The molecule has 1 N–H and O–H groups in total. The second kappa shape index (κ2) is 6.27. The lowest BCUT2D eigenvalue weighted by Crippen LogP contribution is -2.54. The van der Waals surface area contributed by atoms with Crippen LogP contribution in [0.1, 0.15) is 36.1 Å². The van der Waals surface area contributed by atoms with E-state index in [-0.39, 0.29) is 29.8 Å². The van der Waals surface area contributed by atoms with Crippen LogP contribution in [0.15, 0.2) is 48.7 Å². The minimum Gasteiger partial charge on any atom is -0.488 e. The molecule has 4 nitrogen and oxygen atoms in total. The Labute approximate surface area is 154 Å². The lowest BCUT2D eigenvalue weighted by Gasteiger charge is -2.51. The Morgan fingerprint density at radius 1 is 1.16 bits per heavy atom. The molecule has 0 saturated carbocycles. The van der Waals surface area contributed by atoms with Crippen LogP contribution >= 0.6 is 12.4 Å². The van der Waals surface area contributed by atoms with Gasteiger partial charge in [0.1, 0.15) is 11.9 Å². The third-order valence-corrected chi connectivity index (χ3v) is 6.20. The van der Waals surface area contributed by atoms with Gasteiger partial charge in [0.2, 0.25) is 0 Å². The van der Waals surface area contributed by atoms with Crippen molar-refractivity contribution in [3.8, 4) is 5.75 Å². The van der Waals surface area contributed by atoms with Crippen molar-refractivity contribution >= 4 is 12.4 Å². The van der Waals surface area contributed by atoms with Crippen molar-refractivity contribution in [2.24, 2.45) is 5.41 Å². The fraction of sp³-hybridized carbons (Fsp3) is 0.450. The summed E-state index contributed by atoms with van der Waals surface area (Å²) in [6.07, 6.45) is 3.55. The summed E-state index contributed by atoms with van der Waals surface area (Å²) in [5.74, 6) is 0.841. The first-order valence-electron chi connectivity index (χ1n) is 8.85. The standard InChI is InChI=1S/C20H22N2O2.ClH/c23-19(14-5-2-1-3-6-14)17-18-15(7-4-10-21-18)24-16-8-11-22-12-9-20(16,17)13-22;/h1-7,10,16-17,19,23H,8-9,11-13H2;1H. The number of ether oxygens (including phenoxy) is 1. The Bertz CT molecular complexity index is 756. The van der Waals surface area contributed by atoms with Crippen molar-refractivity contribution in [3.63, 3.8) is 0 Å². The minimum atomic E-state index is -0.552. The fourth-order valence-electron chi connectivity index (χ4n) is 5.08. The number of nitrogens with zero attached hydrogens (tertiary/aromatic N) is 2. The Hall–Kier alpha value is -1.62. The highest BCUT2D eigenvalue weighted by Crippen LogP contribution is 2.58. The van der Waals surface area contributed by atoms with E-state index < -0.39 is 6.10 Å². The van der Waals surface area contributed by atoms with E-state index >= 15 is 0 Å². The summed E-state index contributed by atoms with van der Waals surface area (Å²) >= 11 is 0. The van der Waals surface area contributed by atoms with E-state index in [2.05, 4.69) is 9.88 Å². The first-order valence-corrected chi connectivity index (χ1v) is 8.85. The molecule has 0 amide bonds. The first-order chi connectivity index (χ1) is 11.8. The third kappa shape index (κ3) is 2.47. The molecule has 3 aliphatic rings. The largest absolute Gasteiger partial charge is 0.488 e. The number of aliphatic hydroxyl groups excluding tert-OH is 1. The quantitative estimate of drug-likeness (QED) is 0.895. The van der Waals surface area contributed by atoms with Gasteiger partial charge in [-0.2, -0.15) is 0 Å². The monoisotopic (exact) mass is 358 g/mol. The molecule has 25 heavy (non-hydrogen) atoms. The lowest BCUT2D eigenvalue weighted by molar-refractivity contribution is -0.0597. The number of pyridine rings is 1. The van der Waals surface area contributed by atoms with Crippen molar-refractivity contribution < 1.29 is 9.84 Å². The van der Waals surface area contributed by atoms with Gasteiger partial charge in [-0.05, 0) is 37.1 Å². The third-order valence-electron chi connectivity index (χ3n) is 6.20. The molecule has 3 aliphatic heterocycles. The second-order valence-electron chi connectivity index (χ2n) is 7.37. The number of rotatable bonds is 2. The molecule has 5 unspecified atom stereocenters. The summed E-state index contributed by atoms with van der Waals surface area (Å²) in [6.45, 7) is 3.19. The maximum atomic E-state index is 11.3. The molecule has 0 radical (unpaired) electrons. The number of benzene rings is 1. The molecule has 2 fully saturated rings. The molecule has 1 spiro atoms. The summed E-state index contributed by atoms with van der Waals surface area (Å²) in [6, 6.07) is 13.9. The summed E-state index contributed by atoms with van der Waals surface area (Å²) in [7, 11) is 0. The van der Waals surface area contributed by atoms with Gasteiger partial charge in [0.25, 0.3) is 0 Å². The lowest BCUT2D eigenvalue weighted by atomic mass is 9.62. The molecular weight excluding hydrogens is 336 g/mol. The van der Waals surface area contributed by atoms with Crippen LogP contribution in [0, 0.1) is 5.41 Å². The van der Waals surface area contributed by atoms with Crippen molar-refractivity contribution in [1.82, 2.24) is 9.88 Å². The number of aromatic nitrogens is 1. The van der Waals surface area contributed by atoms with Crippen LogP contribution in [0.2, 0.25) is 0 Å². The van der Waals surface area contributed by atoms with E-state index in [1.807, 2.05) is 48.7 Å². The van der Waals surface area contributed by atoms with E-state index in [9.17, 15) is 5.11 Å². The maximum Gasteiger partial charge on any atom is 0.141 e. The Balaban J connectivity index is 0.00000157. The Morgan fingerprint density at radius 2 is 2.00 bits per heavy atom. The highest BCUT2D eigenvalue weighted by atomic mass is 35.5. The van der Waals surface area contributed by atoms with E-state index in [0.717, 1.165) is 49.5 Å². The Morgan fingerprint density at radius 3 is 2.84 bits per heavy atom. The van der Waals surface area contributed by atoms with E-state index in [1.54, 1.807) is 0 Å². The molecule has 4 heterocycles. The fourth-order valence-corrected chi connectivity index (χ4v) is 5.08. The van der Waals surface area contributed by atoms with Gasteiger partial charge in [0, 0.05) is 30.6 Å². The molecule has 1 aromatic carbocycles. The molecule has 1 aromatic heterocycles. The van der Waals surface area contributed by atoms with E-state index in [4.69, 9.17) is 4.74 Å². The zero-order chi connectivity index (χ0) is 16.1. The summed E-state index contributed by atoms with van der Waals surface area (Å²) in [4.78, 5) is 7.16.